The number of hydrogen-bond acceptors (Lipinski definition) is 3. The monoisotopic (exact) mass is 333 g/mol. The van der Waals surface area contributed by atoms with E-state index in [0.717, 1.165) is 24.8 Å². The van der Waals surface area contributed by atoms with Crippen molar-refractivity contribution in [3.63, 3.8) is 0 Å². The number of allylic oxidation sites excluding steroid dienone is 4. The molecule has 5 N–H and O–H groups in total. The molecule has 2 atom stereocenters. The average molecular weight is 333 g/mol. The number of amides is 1. The van der Waals surface area contributed by atoms with Gasteiger partial charge in [0.05, 0.1) is 5.84 Å². The number of carboxylic acid groups (broad SMARTS) is 1. The van der Waals surface area contributed by atoms with E-state index in [4.69, 9.17) is 16.2 Å². The highest BCUT2D eigenvalue weighted by Crippen LogP contribution is 2.28. The summed E-state index contributed by atoms with van der Waals surface area (Å²) < 4.78 is 0. The fourth-order valence-corrected chi connectivity index (χ4v) is 2.70. The van der Waals surface area contributed by atoms with E-state index in [1.165, 1.54) is 0 Å². The van der Waals surface area contributed by atoms with Crippen molar-refractivity contribution in [3.8, 4) is 0 Å². The number of nitrogens with two attached hydrogens (primary N) is 1. The van der Waals surface area contributed by atoms with Crippen LogP contribution < -0.4 is 11.1 Å². The summed E-state index contributed by atoms with van der Waals surface area (Å²) in [5.41, 5.74) is 6.29. The first-order chi connectivity index (χ1) is 11.4. The Balaban J connectivity index is 2.26. The fraction of sp³-hybridized carbons (Fsp3) is 0.500. The Hall–Kier alpha value is -2.37. The first-order valence-corrected chi connectivity index (χ1v) is 8.24. The van der Waals surface area contributed by atoms with E-state index in [0.29, 0.717) is 19.4 Å². The lowest BCUT2D eigenvalue weighted by molar-refractivity contribution is -0.137. The Labute approximate surface area is 143 Å². The van der Waals surface area contributed by atoms with Crippen molar-refractivity contribution in [2.24, 2.45) is 17.6 Å². The fourth-order valence-electron chi connectivity index (χ4n) is 2.70. The van der Waals surface area contributed by atoms with E-state index >= 15 is 0 Å². The number of carbonyl (C=O) groups is 2. The average Bonchev–Trinajstić information content (AvgIpc) is 2.55. The maximum Gasteiger partial charge on any atom is 0.303 e. The third kappa shape index (κ3) is 7.76. The molecule has 0 aromatic rings. The van der Waals surface area contributed by atoms with Crippen LogP contribution in [0.5, 0.6) is 0 Å². The van der Waals surface area contributed by atoms with Gasteiger partial charge in [-0.15, -0.1) is 0 Å². The normalized spacial score (nSPS) is 21.0. The molecule has 1 rings (SSSR count). The van der Waals surface area contributed by atoms with Crippen molar-refractivity contribution in [2.45, 2.75) is 38.5 Å². The summed E-state index contributed by atoms with van der Waals surface area (Å²) in [5.74, 6) is -0.671. The number of rotatable bonds is 9. The van der Waals surface area contributed by atoms with Crippen LogP contribution in [0.15, 0.2) is 36.5 Å². The molecule has 1 fully saturated rings. The van der Waals surface area contributed by atoms with E-state index in [1.54, 1.807) is 18.2 Å². The highest BCUT2D eigenvalue weighted by Gasteiger charge is 2.28. The number of amidine groups is 1. The third-order valence-electron chi connectivity index (χ3n) is 4.12. The van der Waals surface area contributed by atoms with Crippen LogP contribution in [0.25, 0.3) is 0 Å². The van der Waals surface area contributed by atoms with Gasteiger partial charge in [0.1, 0.15) is 0 Å². The van der Waals surface area contributed by atoms with Crippen molar-refractivity contribution in [1.29, 1.82) is 5.41 Å². The van der Waals surface area contributed by atoms with E-state index in [-0.39, 0.29) is 30.0 Å². The van der Waals surface area contributed by atoms with Gasteiger partial charge in [0.25, 0.3) is 0 Å². The highest BCUT2D eigenvalue weighted by atomic mass is 16.4. The lowest BCUT2D eigenvalue weighted by Crippen LogP contribution is -2.36. The molecule has 0 saturated heterocycles. The summed E-state index contributed by atoms with van der Waals surface area (Å²) in [6.45, 7) is 4.21. The zero-order valence-electron chi connectivity index (χ0n) is 14.0. The summed E-state index contributed by atoms with van der Waals surface area (Å²) in [6.07, 6.45) is 11.0. The molecule has 6 heteroatoms. The standard InChI is InChI=1S/C18H27N3O3/c1-13(9-10-16(22)23)6-3-2-4-11-21-18(24)15-8-5-7-14(12-15)17(19)20/h2-4,6,14-15H,1,5,7-12H2,(H3,19,20)(H,21,24)(H,22,23)/b4-2+,6-3-. The van der Waals surface area contributed by atoms with Gasteiger partial charge in [0.2, 0.25) is 5.91 Å². The van der Waals surface area contributed by atoms with Crippen molar-refractivity contribution in [1.82, 2.24) is 5.32 Å². The maximum absolute atomic E-state index is 12.1. The van der Waals surface area contributed by atoms with Crippen LogP contribution in [0, 0.1) is 17.2 Å². The largest absolute Gasteiger partial charge is 0.481 e. The summed E-state index contributed by atoms with van der Waals surface area (Å²) in [6, 6.07) is 0. The second-order valence-electron chi connectivity index (χ2n) is 6.10. The predicted octanol–water partition coefficient (Wildman–Crippen LogP) is 2.38. The Kier molecular flexibility index (Phi) is 8.54. The van der Waals surface area contributed by atoms with Gasteiger partial charge < -0.3 is 16.2 Å². The molecule has 0 aromatic carbocycles. The van der Waals surface area contributed by atoms with Crippen LogP contribution >= 0.6 is 0 Å². The topological polar surface area (TPSA) is 116 Å². The molecule has 2 unspecified atom stereocenters. The van der Waals surface area contributed by atoms with Crippen LogP contribution in [-0.4, -0.2) is 29.4 Å². The molecule has 1 saturated carbocycles. The molecule has 0 spiro atoms. The lowest BCUT2D eigenvalue weighted by Gasteiger charge is -2.27. The third-order valence-corrected chi connectivity index (χ3v) is 4.12. The van der Waals surface area contributed by atoms with Crippen molar-refractivity contribution >= 4 is 17.7 Å². The van der Waals surface area contributed by atoms with Gasteiger partial charge in [-0.05, 0) is 25.7 Å². The van der Waals surface area contributed by atoms with Gasteiger partial charge in [-0.3, -0.25) is 15.0 Å². The van der Waals surface area contributed by atoms with Gasteiger partial charge >= 0.3 is 5.97 Å². The quantitative estimate of drug-likeness (QED) is 0.294. The molecule has 1 aliphatic rings. The molecule has 0 radical (unpaired) electrons. The van der Waals surface area contributed by atoms with Crippen LogP contribution in [-0.2, 0) is 9.59 Å². The van der Waals surface area contributed by atoms with E-state index < -0.39 is 5.97 Å². The second kappa shape index (κ2) is 10.4. The number of carbonyl (C=O) groups excluding carboxylic acids is 1. The lowest BCUT2D eigenvalue weighted by atomic mass is 9.80. The molecule has 1 aliphatic carbocycles. The van der Waals surface area contributed by atoms with Crippen molar-refractivity contribution < 1.29 is 14.7 Å². The molecule has 24 heavy (non-hydrogen) atoms. The zero-order chi connectivity index (χ0) is 17.9. The van der Waals surface area contributed by atoms with Crippen molar-refractivity contribution in [3.05, 3.63) is 36.5 Å². The molecule has 1 amide bonds. The number of carboxylic acids is 1. The molecule has 132 valence electrons. The Morgan fingerprint density at radius 2 is 1.96 bits per heavy atom. The minimum absolute atomic E-state index is 0.0143. The number of nitrogens with one attached hydrogen (secondary N) is 2. The van der Waals surface area contributed by atoms with Crippen LogP contribution in [0.2, 0.25) is 0 Å². The molecule has 6 nitrogen and oxygen atoms in total. The second-order valence-corrected chi connectivity index (χ2v) is 6.10. The van der Waals surface area contributed by atoms with Gasteiger partial charge in [0, 0.05) is 24.8 Å². The van der Waals surface area contributed by atoms with E-state index in [1.807, 2.05) is 6.08 Å². The number of aliphatic carboxylic acids is 1. The smallest absolute Gasteiger partial charge is 0.303 e. The first kappa shape index (κ1) is 19.7. The SMILES string of the molecule is C=C(/C=C\C=C\CNC(=O)C1CCCC(C(=N)N)C1)CCC(=O)O. The molecular weight excluding hydrogens is 306 g/mol. The molecule has 0 aliphatic heterocycles. The summed E-state index contributed by atoms with van der Waals surface area (Å²) in [5, 5.41) is 19.0. The zero-order valence-corrected chi connectivity index (χ0v) is 14.0. The van der Waals surface area contributed by atoms with Gasteiger partial charge in [-0.1, -0.05) is 42.9 Å². The minimum Gasteiger partial charge on any atom is -0.481 e. The maximum atomic E-state index is 12.1. The van der Waals surface area contributed by atoms with Gasteiger partial charge in [-0.2, -0.15) is 0 Å². The number of hydrogen-bond donors (Lipinski definition) is 4. The summed E-state index contributed by atoms with van der Waals surface area (Å²) in [7, 11) is 0. The van der Waals surface area contributed by atoms with Crippen LogP contribution in [0.4, 0.5) is 0 Å². The summed E-state index contributed by atoms with van der Waals surface area (Å²) in [4.78, 5) is 22.5. The molecule has 0 heterocycles. The van der Waals surface area contributed by atoms with E-state index in [9.17, 15) is 9.59 Å². The Bertz CT molecular complexity index is 538. The summed E-state index contributed by atoms with van der Waals surface area (Å²) >= 11 is 0. The van der Waals surface area contributed by atoms with Gasteiger partial charge in [-0.25, -0.2) is 0 Å². The van der Waals surface area contributed by atoms with E-state index in [2.05, 4.69) is 11.9 Å². The van der Waals surface area contributed by atoms with Crippen LogP contribution in [0.1, 0.15) is 38.5 Å². The van der Waals surface area contributed by atoms with Gasteiger partial charge in [0.15, 0.2) is 0 Å². The first-order valence-electron chi connectivity index (χ1n) is 8.24. The Morgan fingerprint density at radius 3 is 2.62 bits per heavy atom. The van der Waals surface area contributed by atoms with Crippen molar-refractivity contribution in [2.75, 3.05) is 6.54 Å². The predicted molar refractivity (Wildman–Crippen MR) is 94.7 cm³/mol. The minimum atomic E-state index is -0.836. The molecular formula is C18H27N3O3. The molecule has 0 bridgehead atoms. The highest BCUT2D eigenvalue weighted by molar-refractivity contribution is 5.83. The Morgan fingerprint density at radius 1 is 1.25 bits per heavy atom. The van der Waals surface area contributed by atoms with Crippen LogP contribution in [0.3, 0.4) is 0 Å². The molecule has 0 aromatic heterocycles.